The number of aliphatic carboxylic acids is 1. The molecule has 1 aromatic heterocycles. The fourth-order valence-electron chi connectivity index (χ4n) is 1.67. The molecule has 20 heavy (non-hydrogen) atoms. The van der Waals surface area contributed by atoms with E-state index in [0.717, 1.165) is 37.6 Å². The van der Waals surface area contributed by atoms with E-state index in [1.807, 2.05) is 0 Å². The average molecular weight is 290 g/mol. The summed E-state index contributed by atoms with van der Waals surface area (Å²) in [5, 5.41) is 11.3. The molecule has 0 aromatic carbocycles. The first-order valence-corrected chi connectivity index (χ1v) is 6.38. The molecular weight excluding hydrogens is 273 g/mol. The lowest BCUT2D eigenvalue weighted by molar-refractivity contribution is -0.138. The molecule has 4 nitrogen and oxygen atoms in total. The van der Waals surface area contributed by atoms with Crippen molar-refractivity contribution in [2.45, 2.75) is 38.3 Å². The van der Waals surface area contributed by atoms with Gasteiger partial charge in [-0.3, -0.25) is 4.79 Å². The minimum absolute atomic E-state index is 0.155. The second-order valence-corrected chi connectivity index (χ2v) is 4.41. The number of anilines is 1. The zero-order chi connectivity index (χ0) is 15.0. The molecule has 0 atom stereocenters. The summed E-state index contributed by atoms with van der Waals surface area (Å²) >= 11 is 0. The van der Waals surface area contributed by atoms with Crippen LogP contribution in [-0.4, -0.2) is 22.6 Å². The number of aromatic nitrogens is 1. The number of pyridine rings is 1. The predicted molar refractivity (Wildman–Crippen MR) is 68.4 cm³/mol. The van der Waals surface area contributed by atoms with Crippen molar-refractivity contribution in [2.24, 2.45) is 0 Å². The summed E-state index contributed by atoms with van der Waals surface area (Å²) in [4.78, 5) is 14.1. The highest BCUT2D eigenvalue weighted by Crippen LogP contribution is 2.29. The zero-order valence-electron chi connectivity index (χ0n) is 10.9. The maximum atomic E-state index is 12.5. The third-order valence-electron chi connectivity index (χ3n) is 2.71. The molecule has 0 saturated heterocycles. The number of rotatable bonds is 8. The lowest BCUT2D eigenvalue weighted by Crippen LogP contribution is -2.08. The quantitative estimate of drug-likeness (QED) is 0.719. The summed E-state index contributed by atoms with van der Waals surface area (Å²) < 4.78 is 37.4. The van der Waals surface area contributed by atoms with E-state index in [-0.39, 0.29) is 12.2 Å². The number of carbonyl (C=O) groups is 1. The maximum absolute atomic E-state index is 12.5. The van der Waals surface area contributed by atoms with Crippen LogP contribution in [0.5, 0.6) is 0 Å². The highest BCUT2D eigenvalue weighted by Gasteiger charge is 2.30. The maximum Gasteiger partial charge on any atom is 0.416 e. The number of unbranched alkanes of at least 4 members (excludes halogenated alkanes) is 3. The molecule has 0 bridgehead atoms. The van der Waals surface area contributed by atoms with E-state index in [1.165, 1.54) is 0 Å². The molecule has 1 aromatic rings. The number of halogens is 3. The van der Waals surface area contributed by atoms with Crippen molar-refractivity contribution in [3.05, 3.63) is 23.9 Å². The van der Waals surface area contributed by atoms with Crippen molar-refractivity contribution in [1.29, 1.82) is 0 Å². The van der Waals surface area contributed by atoms with Crippen LogP contribution in [-0.2, 0) is 11.0 Å². The third-order valence-corrected chi connectivity index (χ3v) is 2.71. The summed E-state index contributed by atoms with van der Waals surface area (Å²) in [6.07, 6.45) is -0.0746. The van der Waals surface area contributed by atoms with Gasteiger partial charge in [-0.15, -0.1) is 0 Å². The van der Waals surface area contributed by atoms with Gasteiger partial charge in [-0.1, -0.05) is 12.8 Å². The van der Waals surface area contributed by atoms with Gasteiger partial charge in [0.25, 0.3) is 0 Å². The lowest BCUT2D eigenvalue weighted by Gasteiger charge is -2.09. The average Bonchev–Trinajstić information content (AvgIpc) is 2.36. The number of hydrogen-bond acceptors (Lipinski definition) is 3. The molecule has 0 amide bonds. The molecule has 112 valence electrons. The Morgan fingerprint density at radius 2 is 1.95 bits per heavy atom. The Hall–Kier alpha value is -1.79. The zero-order valence-corrected chi connectivity index (χ0v) is 10.9. The van der Waals surface area contributed by atoms with E-state index in [2.05, 4.69) is 10.3 Å². The molecule has 0 aliphatic carbocycles. The van der Waals surface area contributed by atoms with Crippen molar-refractivity contribution in [3.8, 4) is 0 Å². The van der Waals surface area contributed by atoms with Gasteiger partial charge in [0.05, 0.1) is 5.56 Å². The van der Waals surface area contributed by atoms with E-state index in [1.54, 1.807) is 0 Å². The van der Waals surface area contributed by atoms with E-state index in [0.29, 0.717) is 13.0 Å². The molecule has 1 heterocycles. The molecule has 0 aliphatic heterocycles. The van der Waals surface area contributed by atoms with Crippen LogP contribution in [0.4, 0.5) is 19.0 Å². The van der Waals surface area contributed by atoms with Gasteiger partial charge in [0.2, 0.25) is 0 Å². The molecule has 0 fully saturated rings. The molecule has 7 heteroatoms. The van der Waals surface area contributed by atoms with Crippen LogP contribution in [0.25, 0.3) is 0 Å². The summed E-state index contributed by atoms with van der Waals surface area (Å²) in [5.74, 6) is -0.610. The van der Waals surface area contributed by atoms with Crippen LogP contribution in [0.15, 0.2) is 18.3 Å². The molecule has 0 spiro atoms. The molecule has 1 rings (SSSR count). The monoisotopic (exact) mass is 290 g/mol. The van der Waals surface area contributed by atoms with Crippen LogP contribution in [0.2, 0.25) is 0 Å². The van der Waals surface area contributed by atoms with Gasteiger partial charge in [-0.05, 0) is 25.0 Å². The normalized spacial score (nSPS) is 11.3. The van der Waals surface area contributed by atoms with Crippen LogP contribution in [0.3, 0.4) is 0 Å². The Morgan fingerprint density at radius 3 is 2.60 bits per heavy atom. The van der Waals surface area contributed by atoms with Gasteiger partial charge in [-0.2, -0.15) is 13.2 Å². The van der Waals surface area contributed by atoms with E-state index in [9.17, 15) is 18.0 Å². The van der Waals surface area contributed by atoms with Crippen molar-refractivity contribution >= 4 is 11.8 Å². The molecule has 0 saturated carbocycles. The highest BCUT2D eigenvalue weighted by atomic mass is 19.4. The van der Waals surface area contributed by atoms with Gasteiger partial charge in [-0.25, -0.2) is 4.98 Å². The van der Waals surface area contributed by atoms with Gasteiger partial charge in [0, 0.05) is 19.2 Å². The van der Waals surface area contributed by atoms with Crippen molar-refractivity contribution in [3.63, 3.8) is 0 Å². The van der Waals surface area contributed by atoms with E-state index in [4.69, 9.17) is 5.11 Å². The van der Waals surface area contributed by atoms with Gasteiger partial charge in [0.1, 0.15) is 5.82 Å². The summed E-state index contributed by atoms with van der Waals surface area (Å²) in [7, 11) is 0. The van der Waals surface area contributed by atoms with E-state index < -0.39 is 17.7 Å². The topological polar surface area (TPSA) is 62.2 Å². The molecule has 2 N–H and O–H groups in total. The number of carboxylic acid groups (broad SMARTS) is 1. The summed E-state index contributed by atoms with van der Waals surface area (Å²) in [5.41, 5.74) is -0.726. The Bertz CT molecular complexity index is 436. The first kappa shape index (κ1) is 16.3. The Labute approximate surface area is 115 Å². The fraction of sp³-hybridized carbons (Fsp3) is 0.538. The Morgan fingerprint density at radius 1 is 1.25 bits per heavy atom. The number of carboxylic acids is 1. The first-order valence-electron chi connectivity index (χ1n) is 6.38. The fourth-order valence-corrected chi connectivity index (χ4v) is 1.67. The van der Waals surface area contributed by atoms with Gasteiger partial charge in [0.15, 0.2) is 0 Å². The lowest BCUT2D eigenvalue weighted by atomic mass is 10.1. The largest absolute Gasteiger partial charge is 0.481 e. The minimum Gasteiger partial charge on any atom is -0.481 e. The molecular formula is C13H17F3N2O2. The summed E-state index contributed by atoms with van der Waals surface area (Å²) in [6.45, 7) is 0.515. The number of nitrogens with one attached hydrogen (secondary N) is 1. The minimum atomic E-state index is -4.36. The highest BCUT2D eigenvalue weighted by molar-refractivity contribution is 5.66. The van der Waals surface area contributed by atoms with Gasteiger partial charge < -0.3 is 10.4 Å². The first-order chi connectivity index (χ1) is 9.39. The van der Waals surface area contributed by atoms with Crippen LogP contribution < -0.4 is 5.32 Å². The van der Waals surface area contributed by atoms with E-state index >= 15 is 0 Å². The summed E-state index contributed by atoms with van der Waals surface area (Å²) in [6, 6.07) is 1.90. The van der Waals surface area contributed by atoms with Crippen LogP contribution in [0, 0.1) is 0 Å². The SMILES string of the molecule is O=C(O)CCCCCCNc1cc(C(F)(F)F)ccn1. The van der Waals surface area contributed by atoms with Crippen LogP contribution >= 0.6 is 0 Å². The second-order valence-electron chi connectivity index (χ2n) is 4.41. The number of nitrogens with zero attached hydrogens (tertiary/aromatic N) is 1. The number of hydrogen-bond donors (Lipinski definition) is 2. The Balaban J connectivity index is 2.24. The van der Waals surface area contributed by atoms with Gasteiger partial charge >= 0.3 is 12.1 Å². The number of alkyl halides is 3. The molecule has 0 unspecified atom stereocenters. The smallest absolute Gasteiger partial charge is 0.416 e. The molecule has 0 aliphatic rings. The van der Waals surface area contributed by atoms with Crippen molar-refractivity contribution in [1.82, 2.24) is 4.98 Å². The predicted octanol–water partition coefficient (Wildman–Crippen LogP) is 3.55. The Kier molecular flexibility index (Phi) is 6.27. The van der Waals surface area contributed by atoms with Crippen molar-refractivity contribution < 1.29 is 23.1 Å². The molecule has 0 radical (unpaired) electrons. The standard InChI is InChI=1S/C13H17F3N2O2/c14-13(15,16)10-6-8-18-11(9-10)17-7-4-2-1-3-5-12(19)20/h6,8-9H,1-5,7H2,(H,17,18)(H,19,20). The second kappa shape index (κ2) is 7.72. The third kappa shape index (κ3) is 6.40. The van der Waals surface area contributed by atoms with Crippen LogP contribution in [0.1, 0.15) is 37.7 Å². The van der Waals surface area contributed by atoms with Crippen molar-refractivity contribution in [2.75, 3.05) is 11.9 Å².